The molecule has 0 aliphatic heterocycles. The molecule has 2 heteroatoms. The molecule has 0 N–H and O–H groups in total. The van der Waals surface area contributed by atoms with Gasteiger partial charge in [0.2, 0.25) is 0 Å². The van der Waals surface area contributed by atoms with E-state index in [0.29, 0.717) is 5.25 Å². The Labute approximate surface area is 66.7 Å². The van der Waals surface area contributed by atoms with Gasteiger partial charge in [-0.15, -0.1) is 11.8 Å². The van der Waals surface area contributed by atoms with E-state index in [4.69, 9.17) is 11.6 Å². The van der Waals surface area contributed by atoms with Crippen LogP contribution in [0.1, 0.15) is 27.7 Å². The fourth-order valence-corrected chi connectivity index (χ4v) is 1.51. The highest BCUT2D eigenvalue weighted by molar-refractivity contribution is 8.05. The van der Waals surface area contributed by atoms with Crippen LogP contribution >= 0.6 is 23.4 Å². The zero-order valence-electron chi connectivity index (χ0n) is 6.36. The second-order valence-electron chi connectivity index (χ2n) is 2.44. The Morgan fingerprint density at radius 1 is 1.33 bits per heavy atom. The van der Waals surface area contributed by atoms with E-state index in [2.05, 4.69) is 13.8 Å². The number of hydrogen-bond acceptors (Lipinski definition) is 1. The summed E-state index contributed by atoms with van der Waals surface area (Å²) in [7, 11) is 0. The molecule has 0 fully saturated rings. The summed E-state index contributed by atoms with van der Waals surface area (Å²) in [5.74, 6) is 0. The van der Waals surface area contributed by atoms with Gasteiger partial charge in [-0.1, -0.05) is 31.0 Å². The SMILES string of the molecule is CC(C)=C(Cl)SC(C)C. The van der Waals surface area contributed by atoms with E-state index in [-0.39, 0.29) is 0 Å². The fraction of sp³-hybridized carbons (Fsp3) is 0.714. The highest BCUT2D eigenvalue weighted by Crippen LogP contribution is 2.27. The van der Waals surface area contributed by atoms with Gasteiger partial charge in [0.05, 0.1) is 4.36 Å². The monoisotopic (exact) mass is 164 g/mol. The molecule has 0 spiro atoms. The van der Waals surface area contributed by atoms with Gasteiger partial charge in [0.15, 0.2) is 0 Å². The van der Waals surface area contributed by atoms with E-state index in [1.54, 1.807) is 11.8 Å². The first-order chi connectivity index (χ1) is 4.04. The third-order valence-electron chi connectivity index (χ3n) is 0.732. The van der Waals surface area contributed by atoms with E-state index in [1.165, 1.54) is 5.57 Å². The molecule has 0 amide bonds. The van der Waals surface area contributed by atoms with Crippen LogP contribution in [0.15, 0.2) is 9.94 Å². The maximum Gasteiger partial charge on any atom is 0.0723 e. The van der Waals surface area contributed by atoms with E-state index in [1.807, 2.05) is 13.8 Å². The Hall–Kier alpha value is 0.380. The lowest BCUT2D eigenvalue weighted by Crippen LogP contribution is -1.84. The van der Waals surface area contributed by atoms with Gasteiger partial charge >= 0.3 is 0 Å². The third-order valence-corrected chi connectivity index (χ3v) is 2.46. The highest BCUT2D eigenvalue weighted by Gasteiger charge is 1.98. The lowest BCUT2D eigenvalue weighted by Gasteiger charge is -2.03. The number of halogens is 1. The summed E-state index contributed by atoms with van der Waals surface area (Å²) < 4.78 is 0.935. The first-order valence-corrected chi connectivity index (χ1v) is 4.29. The predicted molar refractivity (Wildman–Crippen MR) is 47.0 cm³/mol. The first kappa shape index (κ1) is 9.38. The van der Waals surface area contributed by atoms with Gasteiger partial charge in [0.1, 0.15) is 0 Å². The number of thioether (sulfide) groups is 1. The molecule has 0 atom stereocenters. The normalized spacial score (nSPS) is 10.0. The topological polar surface area (TPSA) is 0 Å². The van der Waals surface area contributed by atoms with Crippen LogP contribution in [0, 0.1) is 0 Å². The van der Waals surface area contributed by atoms with Crippen molar-refractivity contribution in [2.24, 2.45) is 0 Å². The second-order valence-corrected chi connectivity index (χ2v) is 4.63. The second kappa shape index (κ2) is 4.24. The minimum atomic E-state index is 0.590. The number of rotatable bonds is 2. The van der Waals surface area contributed by atoms with Crippen LogP contribution in [0.5, 0.6) is 0 Å². The van der Waals surface area contributed by atoms with Gasteiger partial charge in [0, 0.05) is 5.25 Å². The van der Waals surface area contributed by atoms with Gasteiger partial charge in [-0.05, 0) is 13.8 Å². The van der Waals surface area contributed by atoms with Crippen molar-refractivity contribution in [1.29, 1.82) is 0 Å². The van der Waals surface area contributed by atoms with Crippen molar-refractivity contribution < 1.29 is 0 Å². The van der Waals surface area contributed by atoms with Crippen LogP contribution in [0.2, 0.25) is 0 Å². The van der Waals surface area contributed by atoms with Crippen molar-refractivity contribution in [3.63, 3.8) is 0 Å². The minimum absolute atomic E-state index is 0.590. The lowest BCUT2D eigenvalue weighted by atomic mass is 10.4. The van der Waals surface area contributed by atoms with Crippen molar-refractivity contribution >= 4 is 23.4 Å². The van der Waals surface area contributed by atoms with Crippen LogP contribution < -0.4 is 0 Å². The van der Waals surface area contributed by atoms with Crippen LogP contribution in [-0.2, 0) is 0 Å². The Morgan fingerprint density at radius 2 is 1.78 bits per heavy atom. The quantitative estimate of drug-likeness (QED) is 0.601. The largest absolute Gasteiger partial charge is 0.111 e. The minimum Gasteiger partial charge on any atom is -0.111 e. The summed E-state index contributed by atoms with van der Waals surface area (Å²) in [6.07, 6.45) is 0. The molecule has 0 radical (unpaired) electrons. The third kappa shape index (κ3) is 4.86. The Kier molecular flexibility index (Phi) is 4.41. The Bertz CT molecular complexity index is 112. The zero-order valence-corrected chi connectivity index (χ0v) is 7.94. The van der Waals surface area contributed by atoms with Gasteiger partial charge in [-0.25, -0.2) is 0 Å². The molecule has 0 unspecified atom stereocenters. The smallest absolute Gasteiger partial charge is 0.0723 e. The van der Waals surface area contributed by atoms with Crippen LogP contribution in [-0.4, -0.2) is 5.25 Å². The summed E-state index contributed by atoms with van der Waals surface area (Å²) in [5, 5.41) is 0.590. The molecule has 54 valence electrons. The Morgan fingerprint density at radius 3 is 1.89 bits per heavy atom. The van der Waals surface area contributed by atoms with Gasteiger partial charge in [-0.3, -0.25) is 0 Å². The lowest BCUT2D eigenvalue weighted by molar-refractivity contribution is 1.12. The maximum atomic E-state index is 5.85. The molecular formula is C7H13ClS. The van der Waals surface area contributed by atoms with E-state index < -0.39 is 0 Å². The summed E-state index contributed by atoms with van der Waals surface area (Å²) in [4.78, 5) is 0. The predicted octanol–water partition coefficient (Wildman–Crippen LogP) is 3.62. The standard InChI is InChI=1S/C7H13ClS/c1-5(2)7(8)9-6(3)4/h6H,1-4H3. The van der Waals surface area contributed by atoms with Gasteiger partial charge in [-0.2, -0.15) is 0 Å². The zero-order chi connectivity index (χ0) is 7.44. The van der Waals surface area contributed by atoms with Crippen LogP contribution in [0.3, 0.4) is 0 Å². The molecule has 0 rings (SSSR count). The molecule has 0 aromatic heterocycles. The summed E-state index contributed by atoms with van der Waals surface area (Å²) in [5.41, 5.74) is 1.20. The number of hydrogen-bond donors (Lipinski definition) is 0. The molecular weight excluding hydrogens is 152 g/mol. The molecule has 0 aliphatic carbocycles. The molecule has 0 nitrogen and oxygen atoms in total. The van der Waals surface area contributed by atoms with Crippen molar-refractivity contribution in [3.05, 3.63) is 9.94 Å². The van der Waals surface area contributed by atoms with Crippen molar-refractivity contribution in [2.45, 2.75) is 32.9 Å². The van der Waals surface area contributed by atoms with Crippen LogP contribution in [0.25, 0.3) is 0 Å². The fourth-order valence-electron chi connectivity index (χ4n) is 0.325. The van der Waals surface area contributed by atoms with Gasteiger partial charge < -0.3 is 0 Å². The summed E-state index contributed by atoms with van der Waals surface area (Å²) in [6.45, 7) is 8.32. The number of allylic oxidation sites excluding steroid dienone is 1. The van der Waals surface area contributed by atoms with Gasteiger partial charge in [0.25, 0.3) is 0 Å². The van der Waals surface area contributed by atoms with Crippen molar-refractivity contribution in [1.82, 2.24) is 0 Å². The van der Waals surface area contributed by atoms with Crippen LogP contribution in [0.4, 0.5) is 0 Å². The molecule has 0 bridgehead atoms. The first-order valence-electron chi connectivity index (χ1n) is 3.03. The summed E-state index contributed by atoms with van der Waals surface area (Å²) >= 11 is 7.56. The maximum absolute atomic E-state index is 5.85. The molecule has 0 aliphatic rings. The highest BCUT2D eigenvalue weighted by atomic mass is 35.5. The molecule has 0 aromatic carbocycles. The average molecular weight is 165 g/mol. The van der Waals surface area contributed by atoms with Crippen molar-refractivity contribution in [3.8, 4) is 0 Å². The Balaban J connectivity index is 3.77. The average Bonchev–Trinajstić information content (AvgIpc) is 1.63. The molecule has 0 saturated carbocycles. The molecule has 0 heterocycles. The summed E-state index contributed by atoms with van der Waals surface area (Å²) in [6, 6.07) is 0. The molecule has 9 heavy (non-hydrogen) atoms. The van der Waals surface area contributed by atoms with E-state index in [0.717, 1.165) is 4.36 Å². The molecule has 0 aromatic rings. The van der Waals surface area contributed by atoms with E-state index >= 15 is 0 Å². The molecule has 0 saturated heterocycles. The van der Waals surface area contributed by atoms with E-state index in [9.17, 15) is 0 Å². The van der Waals surface area contributed by atoms with Crippen molar-refractivity contribution in [2.75, 3.05) is 0 Å².